The third-order valence-electron chi connectivity index (χ3n) is 6.44. The van der Waals surface area contributed by atoms with Crippen LogP contribution >= 0.6 is 0 Å². The third kappa shape index (κ3) is 5.78. The molecule has 8 heteroatoms. The Hall–Kier alpha value is -3.20. The molecule has 0 aliphatic carbocycles. The highest BCUT2D eigenvalue weighted by molar-refractivity contribution is 7.89. The highest BCUT2D eigenvalue weighted by Crippen LogP contribution is 2.30. The highest BCUT2D eigenvalue weighted by Gasteiger charge is 2.29. The maximum atomic E-state index is 13.4. The van der Waals surface area contributed by atoms with E-state index in [1.54, 1.807) is 17.0 Å². The Labute approximate surface area is 213 Å². The standard InChI is InChI=1S/C28H33N3O4S/c1-3-16-29-36(33,34)26-21-24(14-15-25(26)35-2)28(32)31-19-17-30(18-20-31)27(22-10-6-4-7-11-22)23-12-8-5-9-13-23/h4-15,21,27,29H,3,16-20H2,1-2H3. The van der Waals surface area contributed by atoms with Crippen LogP contribution in [0.5, 0.6) is 5.75 Å². The van der Waals surface area contributed by atoms with Crippen LogP contribution in [-0.4, -0.2) is 64.0 Å². The minimum atomic E-state index is -3.79. The van der Waals surface area contributed by atoms with E-state index in [4.69, 9.17) is 4.74 Å². The first-order chi connectivity index (χ1) is 17.4. The lowest BCUT2D eigenvalue weighted by molar-refractivity contribution is 0.0597. The van der Waals surface area contributed by atoms with Gasteiger partial charge in [0, 0.05) is 38.3 Å². The molecule has 1 aliphatic rings. The molecule has 0 radical (unpaired) electrons. The molecule has 4 rings (SSSR count). The predicted octanol–water partition coefficient (Wildman–Crippen LogP) is 3.93. The third-order valence-corrected chi connectivity index (χ3v) is 7.92. The number of amides is 1. The summed E-state index contributed by atoms with van der Waals surface area (Å²) in [6.07, 6.45) is 0.664. The van der Waals surface area contributed by atoms with Crippen molar-refractivity contribution in [3.05, 3.63) is 95.6 Å². The molecule has 190 valence electrons. The van der Waals surface area contributed by atoms with Crippen molar-refractivity contribution in [2.75, 3.05) is 39.8 Å². The second-order valence-corrected chi connectivity index (χ2v) is 10.6. The van der Waals surface area contributed by atoms with Gasteiger partial charge in [-0.2, -0.15) is 0 Å². The van der Waals surface area contributed by atoms with Crippen LogP contribution in [0.1, 0.15) is 40.9 Å². The molecule has 0 atom stereocenters. The first-order valence-electron chi connectivity index (χ1n) is 12.3. The average Bonchev–Trinajstić information content (AvgIpc) is 2.93. The van der Waals surface area contributed by atoms with E-state index in [1.807, 2.05) is 19.1 Å². The van der Waals surface area contributed by atoms with Gasteiger partial charge < -0.3 is 9.64 Å². The second kappa shape index (κ2) is 11.7. The molecule has 1 aliphatic heterocycles. The number of ether oxygens (including phenoxy) is 1. The fourth-order valence-corrected chi connectivity index (χ4v) is 5.91. The summed E-state index contributed by atoms with van der Waals surface area (Å²) in [7, 11) is -2.37. The van der Waals surface area contributed by atoms with Crippen molar-refractivity contribution in [3.63, 3.8) is 0 Å². The van der Waals surface area contributed by atoms with Crippen LogP contribution in [-0.2, 0) is 10.0 Å². The summed E-state index contributed by atoms with van der Waals surface area (Å²) in [5.74, 6) is 0.0359. The predicted molar refractivity (Wildman–Crippen MR) is 141 cm³/mol. The number of nitrogens with zero attached hydrogens (tertiary/aromatic N) is 2. The second-order valence-electron chi connectivity index (χ2n) is 8.82. The smallest absolute Gasteiger partial charge is 0.253 e. The van der Waals surface area contributed by atoms with Gasteiger partial charge in [0.2, 0.25) is 10.0 Å². The summed E-state index contributed by atoms with van der Waals surface area (Å²) in [5, 5.41) is 0. The summed E-state index contributed by atoms with van der Waals surface area (Å²) in [5.41, 5.74) is 2.77. The lowest BCUT2D eigenvalue weighted by atomic mass is 9.96. The Kier molecular flexibility index (Phi) is 8.40. The molecule has 1 amide bonds. The van der Waals surface area contributed by atoms with Gasteiger partial charge in [0.25, 0.3) is 5.91 Å². The van der Waals surface area contributed by atoms with Crippen molar-refractivity contribution in [2.45, 2.75) is 24.3 Å². The van der Waals surface area contributed by atoms with E-state index in [1.165, 1.54) is 24.3 Å². The summed E-state index contributed by atoms with van der Waals surface area (Å²) in [6.45, 7) is 4.72. The molecule has 0 unspecified atom stereocenters. The number of carbonyl (C=O) groups excluding carboxylic acids is 1. The van der Waals surface area contributed by atoms with Crippen LogP contribution in [0.4, 0.5) is 0 Å². The van der Waals surface area contributed by atoms with Crippen LogP contribution in [0.15, 0.2) is 83.8 Å². The summed E-state index contributed by atoms with van der Waals surface area (Å²) in [4.78, 5) is 17.5. The fourth-order valence-electron chi connectivity index (χ4n) is 4.58. The van der Waals surface area contributed by atoms with Crippen molar-refractivity contribution in [1.82, 2.24) is 14.5 Å². The Balaban J connectivity index is 1.52. The molecule has 0 saturated carbocycles. The number of piperazine rings is 1. The quantitative estimate of drug-likeness (QED) is 0.475. The largest absolute Gasteiger partial charge is 0.495 e. The minimum absolute atomic E-state index is 0.0174. The Bertz CT molecular complexity index is 1220. The van der Waals surface area contributed by atoms with Gasteiger partial charge >= 0.3 is 0 Å². The Morgan fingerprint density at radius 3 is 2.03 bits per heavy atom. The number of hydrogen-bond donors (Lipinski definition) is 1. The van der Waals surface area contributed by atoms with Crippen LogP contribution in [0, 0.1) is 0 Å². The number of rotatable bonds is 9. The van der Waals surface area contributed by atoms with Gasteiger partial charge in [-0.3, -0.25) is 9.69 Å². The zero-order valence-corrected chi connectivity index (χ0v) is 21.6. The molecule has 0 bridgehead atoms. The van der Waals surface area contributed by atoms with Crippen molar-refractivity contribution >= 4 is 15.9 Å². The molecule has 0 spiro atoms. The average molecular weight is 508 g/mol. The van der Waals surface area contributed by atoms with Crippen molar-refractivity contribution in [1.29, 1.82) is 0 Å². The van der Waals surface area contributed by atoms with Gasteiger partial charge in [0.1, 0.15) is 10.6 Å². The number of hydrogen-bond acceptors (Lipinski definition) is 5. The van der Waals surface area contributed by atoms with E-state index in [9.17, 15) is 13.2 Å². The molecule has 36 heavy (non-hydrogen) atoms. The molecule has 3 aromatic carbocycles. The summed E-state index contributed by atoms with van der Waals surface area (Å²) >= 11 is 0. The number of methoxy groups -OCH3 is 1. The van der Waals surface area contributed by atoms with E-state index in [-0.39, 0.29) is 22.6 Å². The van der Waals surface area contributed by atoms with Gasteiger partial charge in [-0.15, -0.1) is 0 Å². The normalized spacial score (nSPS) is 14.7. The topological polar surface area (TPSA) is 79.0 Å². The number of sulfonamides is 1. The van der Waals surface area contributed by atoms with Crippen LogP contribution < -0.4 is 9.46 Å². The van der Waals surface area contributed by atoms with E-state index < -0.39 is 10.0 Å². The van der Waals surface area contributed by atoms with E-state index in [0.717, 1.165) is 0 Å². The van der Waals surface area contributed by atoms with E-state index in [2.05, 4.69) is 58.2 Å². The Morgan fingerprint density at radius 2 is 1.50 bits per heavy atom. The zero-order chi connectivity index (χ0) is 25.5. The number of nitrogens with one attached hydrogen (secondary N) is 1. The first kappa shape index (κ1) is 25.9. The summed E-state index contributed by atoms with van der Waals surface area (Å²) in [6, 6.07) is 25.5. The molecule has 1 saturated heterocycles. The number of benzene rings is 3. The SMILES string of the molecule is CCCNS(=O)(=O)c1cc(C(=O)N2CCN(C(c3ccccc3)c3ccccc3)CC2)ccc1OC. The van der Waals surface area contributed by atoms with Crippen LogP contribution in [0.25, 0.3) is 0 Å². The molecule has 1 N–H and O–H groups in total. The zero-order valence-electron chi connectivity index (χ0n) is 20.8. The van der Waals surface area contributed by atoms with E-state index >= 15 is 0 Å². The fraction of sp³-hybridized carbons (Fsp3) is 0.321. The molecule has 7 nitrogen and oxygen atoms in total. The monoisotopic (exact) mass is 507 g/mol. The molecular weight excluding hydrogens is 474 g/mol. The maximum Gasteiger partial charge on any atom is 0.253 e. The number of carbonyl (C=O) groups is 1. The molecule has 1 heterocycles. The van der Waals surface area contributed by atoms with Gasteiger partial charge in [0.05, 0.1) is 13.2 Å². The highest BCUT2D eigenvalue weighted by atomic mass is 32.2. The Morgan fingerprint density at radius 1 is 0.917 bits per heavy atom. The van der Waals surface area contributed by atoms with E-state index in [0.29, 0.717) is 44.7 Å². The summed E-state index contributed by atoms with van der Waals surface area (Å²) < 4.78 is 33.4. The van der Waals surface area contributed by atoms with Crippen LogP contribution in [0.3, 0.4) is 0 Å². The molecular formula is C28H33N3O4S. The lowest BCUT2D eigenvalue weighted by Gasteiger charge is -2.39. The minimum Gasteiger partial charge on any atom is -0.495 e. The van der Waals surface area contributed by atoms with Gasteiger partial charge in [-0.05, 0) is 35.7 Å². The van der Waals surface area contributed by atoms with Crippen molar-refractivity contribution < 1.29 is 17.9 Å². The molecule has 3 aromatic rings. The van der Waals surface area contributed by atoms with Crippen LogP contribution in [0.2, 0.25) is 0 Å². The molecule has 0 aromatic heterocycles. The van der Waals surface area contributed by atoms with Gasteiger partial charge in [0.15, 0.2) is 0 Å². The first-order valence-corrected chi connectivity index (χ1v) is 13.7. The van der Waals surface area contributed by atoms with Crippen molar-refractivity contribution in [3.8, 4) is 5.75 Å². The molecule has 1 fully saturated rings. The lowest BCUT2D eigenvalue weighted by Crippen LogP contribution is -2.49. The van der Waals surface area contributed by atoms with Gasteiger partial charge in [-0.25, -0.2) is 13.1 Å². The maximum absolute atomic E-state index is 13.4. The van der Waals surface area contributed by atoms with Gasteiger partial charge in [-0.1, -0.05) is 67.6 Å². The van der Waals surface area contributed by atoms with Crippen molar-refractivity contribution in [2.24, 2.45) is 0 Å².